The van der Waals surface area contributed by atoms with E-state index in [4.69, 9.17) is 0 Å². The normalized spacial score (nSPS) is 15.7. The van der Waals surface area contributed by atoms with E-state index in [1.807, 2.05) is 24.3 Å². The van der Waals surface area contributed by atoms with E-state index in [-0.39, 0.29) is 5.91 Å². The maximum atomic E-state index is 12.0. The summed E-state index contributed by atoms with van der Waals surface area (Å²) in [6, 6.07) is 18.5. The van der Waals surface area contributed by atoms with Gasteiger partial charge in [0.15, 0.2) is 0 Å². The van der Waals surface area contributed by atoms with Crippen LogP contribution in [0, 0.1) is 0 Å². The average molecular weight is 416 g/mol. The van der Waals surface area contributed by atoms with Crippen molar-refractivity contribution in [3.63, 3.8) is 0 Å². The van der Waals surface area contributed by atoms with Crippen molar-refractivity contribution in [1.29, 1.82) is 0 Å². The third-order valence-corrected chi connectivity index (χ3v) is 5.27. The Morgan fingerprint density at radius 1 is 0.885 bits per heavy atom. The van der Waals surface area contributed by atoms with Crippen molar-refractivity contribution in [3.8, 4) is 0 Å². The van der Waals surface area contributed by atoms with Gasteiger partial charge in [-0.15, -0.1) is 0 Å². The summed E-state index contributed by atoms with van der Waals surface area (Å²) in [6.07, 6.45) is 0.443. The zero-order chi connectivity index (χ0) is 18.2. The minimum absolute atomic E-state index is 0.0926. The molecule has 138 valence electrons. The summed E-state index contributed by atoms with van der Waals surface area (Å²) >= 11 is 3.41. The van der Waals surface area contributed by atoms with Crippen LogP contribution in [0.5, 0.6) is 0 Å². The summed E-state index contributed by atoms with van der Waals surface area (Å²) in [6.45, 7) is 6.96. The number of piperazine rings is 1. The van der Waals surface area contributed by atoms with Crippen LogP contribution in [0.25, 0.3) is 0 Å². The van der Waals surface area contributed by atoms with Gasteiger partial charge in [-0.2, -0.15) is 0 Å². The first-order valence-corrected chi connectivity index (χ1v) is 9.98. The Balaban J connectivity index is 1.31. The zero-order valence-corrected chi connectivity index (χ0v) is 16.6. The number of halogens is 1. The molecule has 0 unspecified atom stereocenters. The molecule has 0 atom stereocenters. The number of hydrogen-bond acceptors (Lipinski definition) is 3. The molecule has 2 aromatic rings. The summed E-state index contributed by atoms with van der Waals surface area (Å²) < 4.78 is 1.04. The van der Waals surface area contributed by atoms with Gasteiger partial charge in [-0.1, -0.05) is 58.4 Å². The highest BCUT2D eigenvalue weighted by atomic mass is 79.9. The van der Waals surface area contributed by atoms with E-state index in [9.17, 15) is 4.79 Å². The Morgan fingerprint density at radius 3 is 2.23 bits per heavy atom. The average Bonchev–Trinajstić information content (AvgIpc) is 2.66. The number of carbonyl (C=O) groups is 1. The molecule has 1 amide bonds. The van der Waals surface area contributed by atoms with Gasteiger partial charge in [0.1, 0.15) is 0 Å². The molecule has 0 aliphatic carbocycles. The lowest BCUT2D eigenvalue weighted by molar-refractivity contribution is -0.120. The van der Waals surface area contributed by atoms with Crippen molar-refractivity contribution in [2.45, 2.75) is 13.0 Å². The van der Waals surface area contributed by atoms with Crippen molar-refractivity contribution in [2.75, 3.05) is 39.3 Å². The van der Waals surface area contributed by atoms with Gasteiger partial charge >= 0.3 is 0 Å². The molecule has 1 saturated heterocycles. The second kappa shape index (κ2) is 9.86. The fraction of sp³-hybridized carbons (Fsp3) is 0.381. The molecule has 1 aliphatic heterocycles. The number of nitrogens with one attached hydrogen (secondary N) is 1. The van der Waals surface area contributed by atoms with Crippen LogP contribution in [-0.2, 0) is 17.8 Å². The summed E-state index contributed by atoms with van der Waals surface area (Å²) in [5.41, 5.74) is 2.42. The number of amides is 1. The second-order valence-electron chi connectivity index (χ2n) is 6.76. The number of hydrogen-bond donors (Lipinski definition) is 1. The molecule has 1 heterocycles. The molecule has 0 aromatic heterocycles. The van der Waals surface area contributed by atoms with E-state index >= 15 is 0 Å². The number of benzene rings is 2. The topological polar surface area (TPSA) is 35.6 Å². The fourth-order valence-electron chi connectivity index (χ4n) is 3.22. The minimum atomic E-state index is 0.0926. The van der Waals surface area contributed by atoms with Crippen molar-refractivity contribution >= 4 is 21.8 Å². The van der Waals surface area contributed by atoms with Gasteiger partial charge in [0.05, 0.1) is 6.42 Å². The molecule has 1 N–H and O–H groups in total. The highest BCUT2D eigenvalue weighted by Gasteiger charge is 2.16. The van der Waals surface area contributed by atoms with Crippen molar-refractivity contribution in [1.82, 2.24) is 15.1 Å². The first kappa shape index (κ1) is 19.1. The van der Waals surface area contributed by atoms with Gasteiger partial charge < -0.3 is 5.32 Å². The van der Waals surface area contributed by atoms with Gasteiger partial charge in [0.25, 0.3) is 0 Å². The van der Waals surface area contributed by atoms with E-state index in [2.05, 4.69) is 61.4 Å². The molecular formula is C21H26BrN3O. The minimum Gasteiger partial charge on any atom is -0.355 e. The summed E-state index contributed by atoms with van der Waals surface area (Å²) in [5, 5.41) is 3.04. The number of carbonyl (C=O) groups excluding carboxylic acids is 1. The molecule has 0 radical (unpaired) electrons. The Labute approximate surface area is 164 Å². The van der Waals surface area contributed by atoms with Gasteiger partial charge in [0.2, 0.25) is 5.91 Å². The molecule has 1 aliphatic rings. The predicted octanol–water partition coefficient (Wildman–Crippen LogP) is 2.93. The molecule has 0 saturated carbocycles. The van der Waals surface area contributed by atoms with Crippen LogP contribution in [0.3, 0.4) is 0 Å². The molecule has 0 bridgehead atoms. The lowest BCUT2D eigenvalue weighted by atomic mass is 10.1. The van der Waals surface area contributed by atoms with Crippen LogP contribution < -0.4 is 5.32 Å². The van der Waals surface area contributed by atoms with Gasteiger partial charge in [-0.3, -0.25) is 14.6 Å². The Morgan fingerprint density at radius 2 is 1.54 bits per heavy atom. The molecule has 5 heteroatoms. The van der Waals surface area contributed by atoms with Crippen molar-refractivity contribution in [3.05, 3.63) is 70.2 Å². The van der Waals surface area contributed by atoms with Gasteiger partial charge in [-0.25, -0.2) is 0 Å². The highest BCUT2D eigenvalue weighted by Crippen LogP contribution is 2.11. The highest BCUT2D eigenvalue weighted by molar-refractivity contribution is 9.10. The molecular weight excluding hydrogens is 390 g/mol. The number of nitrogens with zero attached hydrogens (tertiary/aromatic N) is 2. The molecule has 4 nitrogen and oxygen atoms in total. The standard InChI is InChI=1S/C21H26BrN3O/c22-20-8-6-18(7-9-20)16-21(26)23-10-11-24-12-14-25(15-13-24)17-19-4-2-1-3-5-19/h1-9H,10-17H2,(H,23,26). The quantitative estimate of drug-likeness (QED) is 0.754. The molecule has 0 spiro atoms. The molecule has 1 fully saturated rings. The first-order chi connectivity index (χ1) is 12.7. The van der Waals surface area contributed by atoms with Crippen LogP contribution in [0.15, 0.2) is 59.1 Å². The summed E-state index contributed by atoms with van der Waals surface area (Å²) in [5.74, 6) is 0.0926. The van der Waals surface area contributed by atoms with Crippen LogP contribution in [0.2, 0.25) is 0 Å². The third-order valence-electron chi connectivity index (χ3n) is 4.74. The zero-order valence-electron chi connectivity index (χ0n) is 15.0. The van der Waals surface area contributed by atoms with Crippen LogP contribution in [0.4, 0.5) is 0 Å². The van der Waals surface area contributed by atoms with Crippen LogP contribution in [-0.4, -0.2) is 55.0 Å². The first-order valence-electron chi connectivity index (χ1n) is 9.19. The Bertz CT molecular complexity index is 682. The molecule has 3 rings (SSSR count). The van der Waals surface area contributed by atoms with Crippen molar-refractivity contribution < 1.29 is 4.79 Å². The largest absolute Gasteiger partial charge is 0.355 e. The van der Waals surface area contributed by atoms with Crippen molar-refractivity contribution in [2.24, 2.45) is 0 Å². The maximum Gasteiger partial charge on any atom is 0.224 e. The lowest BCUT2D eigenvalue weighted by Crippen LogP contribution is -2.48. The predicted molar refractivity (Wildman–Crippen MR) is 109 cm³/mol. The molecule has 2 aromatic carbocycles. The monoisotopic (exact) mass is 415 g/mol. The van der Waals surface area contributed by atoms with E-state index < -0.39 is 0 Å². The molecule has 26 heavy (non-hydrogen) atoms. The Kier molecular flexibility index (Phi) is 7.23. The lowest BCUT2D eigenvalue weighted by Gasteiger charge is -2.34. The smallest absolute Gasteiger partial charge is 0.224 e. The van der Waals surface area contributed by atoms with E-state index in [1.54, 1.807) is 0 Å². The Hall–Kier alpha value is -1.69. The van der Waals surface area contributed by atoms with Gasteiger partial charge in [0, 0.05) is 50.3 Å². The summed E-state index contributed by atoms with van der Waals surface area (Å²) in [4.78, 5) is 17.0. The van der Waals surface area contributed by atoms with Crippen LogP contribution in [0.1, 0.15) is 11.1 Å². The van der Waals surface area contributed by atoms with E-state index in [0.29, 0.717) is 13.0 Å². The van der Waals surface area contributed by atoms with Crippen LogP contribution >= 0.6 is 15.9 Å². The summed E-state index contributed by atoms with van der Waals surface area (Å²) in [7, 11) is 0. The fourth-order valence-corrected chi connectivity index (χ4v) is 3.48. The third kappa shape index (κ3) is 6.24. The SMILES string of the molecule is O=C(Cc1ccc(Br)cc1)NCCN1CCN(Cc2ccccc2)CC1. The van der Waals surface area contributed by atoms with E-state index in [1.165, 1.54) is 5.56 Å². The number of rotatable bonds is 7. The maximum absolute atomic E-state index is 12.0. The van der Waals surface area contributed by atoms with Gasteiger partial charge in [-0.05, 0) is 23.3 Å². The van der Waals surface area contributed by atoms with E-state index in [0.717, 1.165) is 49.3 Å². The second-order valence-corrected chi connectivity index (χ2v) is 7.67.